The minimum absolute atomic E-state index is 0.451. The Morgan fingerprint density at radius 3 is 1.81 bits per heavy atom. The maximum atomic E-state index is 10.6. The van der Waals surface area contributed by atoms with E-state index < -0.39 is 45.6 Å². The molecule has 3 N–H and O–H groups in total. The van der Waals surface area contributed by atoms with Crippen LogP contribution < -0.4 is 5.73 Å². The van der Waals surface area contributed by atoms with Gasteiger partial charge in [0.2, 0.25) is 0 Å². The van der Waals surface area contributed by atoms with Gasteiger partial charge < -0.3 is 10.8 Å². The zero-order valence-corrected chi connectivity index (χ0v) is 10.5. The molecule has 0 saturated heterocycles. The topological polar surface area (TPSA) is 133 Å². The third kappa shape index (κ3) is 9.00. The van der Waals surface area contributed by atoms with Crippen LogP contribution in [0.15, 0.2) is 0 Å². The average molecular weight is 277 g/mol. The van der Waals surface area contributed by atoms with Gasteiger partial charge in [0.1, 0.15) is 0 Å². The monoisotopic (exact) mass is 277 g/mol. The van der Waals surface area contributed by atoms with Gasteiger partial charge in [-0.25, -0.2) is 0 Å². The quantitative estimate of drug-likeness (QED) is 0.493. The highest BCUT2D eigenvalue weighted by Crippen LogP contribution is 1.98. The summed E-state index contributed by atoms with van der Waals surface area (Å²) in [4.78, 5) is 0. The Bertz CT molecular complexity index is 361. The molecule has 0 amide bonds. The second-order valence-electron chi connectivity index (χ2n) is 3.21. The molecule has 1 unspecified atom stereocenters. The molecular weight excluding hydrogens is 262 g/mol. The molecule has 0 aromatic rings. The smallest absolute Gasteiger partial charge is 0.264 e. The Balaban J connectivity index is 4.05. The van der Waals surface area contributed by atoms with Crippen molar-refractivity contribution in [3.05, 3.63) is 0 Å². The Hall–Kier alpha value is -0.260. The summed E-state index contributed by atoms with van der Waals surface area (Å²) in [5.74, 6) is 0. The van der Waals surface area contributed by atoms with Gasteiger partial charge in [-0.15, -0.1) is 0 Å². The molecule has 0 fully saturated rings. The molecule has 2 atom stereocenters. The summed E-state index contributed by atoms with van der Waals surface area (Å²) < 4.78 is 50.9. The van der Waals surface area contributed by atoms with Crippen LogP contribution in [0.25, 0.3) is 0 Å². The summed E-state index contributed by atoms with van der Waals surface area (Å²) in [5.41, 5.74) is 5.34. The molecular formula is C6H15NO7S2. The van der Waals surface area contributed by atoms with Gasteiger partial charge in [-0.2, -0.15) is 16.8 Å². The van der Waals surface area contributed by atoms with Gasteiger partial charge in [0.15, 0.2) is 0 Å². The Labute approximate surface area is 94.6 Å². The van der Waals surface area contributed by atoms with Crippen LogP contribution in [0.3, 0.4) is 0 Å². The lowest BCUT2D eigenvalue weighted by Crippen LogP contribution is -2.42. The van der Waals surface area contributed by atoms with Crippen molar-refractivity contribution in [1.29, 1.82) is 0 Å². The number of rotatable bonds is 7. The molecule has 0 saturated carbocycles. The number of hydrogen-bond donors (Lipinski definition) is 2. The van der Waals surface area contributed by atoms with Gasteiger partial charge in [-0.05, 0) is 0 Å². The van der Waals surface area contributed by atoms with Crippen LogP contribution in [0.5, 0.6) is 0 Å². The van der Waals surface area contributed by atoms with E-state index in [2.05, 4.69) is 8.37 Å². The zero-order valence-electron chi connectivity index (χ0n) is 8.86. The lowest BCUT2D eigenvalue weighted by molar-refractivity contribution is 0.0721. The van der Waals surface area contributed by atoms with Crippen molar-refractivity contribution in [2.75, 3.05) is 25.7 Å². The molecule has 0 aromatic heterocycles. The molecule has 0 heterocycles. The predicted octanol–water partition coefficient (Wildman–Crippen LogP) is -2.37. The molecule has 0 radical (unpaired) electrons. The van der Waals surface area contributed by atoms with Crippen molar-refractivity contribution in [3.8, 4) is 0 Å². The van der Waals surface area contributed by atoms with Gasteiger partial charge in [0, 0.05) is 0 Å². The van der Waals surface area contributed by atoms with Crippen LogP contribution in [0.1, 0.15) is 0 Å². The average Bonchev–Trinajstić information content (AvgIpc) is 2.07. The molecule has 98 valence electrons. The summed E-state index contributed by atoms with van der Waals surface area (Å²) in [6.07, 6.45) is 0.314. The largest absolute Gasteiger partial charge is 0.389 e. The van der Waals surface area contributed by atoms with Gasteiger partial charge in [0.25, 0.3) is 20.2 Å². The first kappa shape index (κ1) is 15.7. The molecule has 0 aliphatic carbocycles. The van der Waals surface area contributed by atoms with E-state index in [0.717, 1.165) is 12.5 Å². The Morgan fingerprint density at radius 1 is 1.06 bits per heavy atom. The molecule has 0 spiro atoms. The van der Waals surface area contributed by atoms with E-state index in [1.807, 2.05) is 0 Å². The summed E-state index contributed by atoms with van der Waals surface area (Å²) >= 11 is 0. The van der Waals surface area contributed by atoms with Crippen molar-refractivity contribution in [2.24, 2.45) is 5.73 Å². The maximum Gasteiger partial charge on any atom is 0.264 e. The van der Waals surface area contributed by atoms with E-state index in [1.54, 1.807) is 0 Å². The molecule has 0 rings (SSSR count). The van der Waals surface area contributed by atoms with Gasteiger partial charge >= 0.3 is 0 Å². The van der Waals surface area contributed by atoms with E-state index in [9.17, 15) is 21.9 Å². The first-order valence-corrected chi connectivity index (χ1v) is 7.77. The van der Waals surface area contributed by atoms with Gasteiger partial charge in [-0.3, -0.25) is 8.37 Å². The van der Waals surface area contributed by atoms with Gasteiger partial charge in [0.05, 0.1) is 37.9 Å². The van der Waals surface area contributed by atoms with E-state index in [1.165, 1.54) is 0 Å². The maximum absolute atomic E-state index is 10.6. The zero-order chi connectivity index (χ0) is 13.0. The second-order valence-corrected chi connectivity index (χ2v) is 6.50. The minimum atomic E-state index is -3.67. The Morgan fingerprint density at radius 2 is 1.44 bits per heavy atom. The molecule has 0 aliphatic rings. The Kier molecular flexibility index (Phi) is 5.79. The number of hydrogen-bond acceptors (Lipinski definition) is 8. The summed E-state index contributed by atoms with van der Waals surface area (Å²) in [6, 6.07) is -1.06. The van der Waals surface area contributed by atoms with Crippen molar-refractivity contribution >= 4 is 20.2 Å². The minimum Gasteiger partial charge on any atom is -0.389 e. The van der Waals surface area contributed by atoms with Crippen LogP contribution in [-0.4, -0.2) is 59.8 Å². The van der Waals surface area contributed by atoms with E-state index in [-0.39, 0.29) is 0 Å². The normalized spacial score (nSPS) is 17.0. The highest BCUT2D eigenvalue weighted by atomic mass is 32.2. The number of aliphatic hydroxyl groups excluding tert-OH is 1. The highest BCUT2D eigenvalue weighted by Gasteiger charge is 2.19. The van der Waals surface area contributed by atoms with Crippen molar-refractivity contribution < 1.29 is 30.3 Å². The van der Waals surface area contributed by atoms with Crippen molar-refractivity contribution in [2.45, 2.75) is 12.1 Å². The summed E-state index contributed by atoms with van der Waals surface area (Å²) in [7, 11) is -7.32. The molecule has 8 nitrogen and oxygen atoms in total. The SMILES string of the molecule is CS(=O)(=O)OCC(O)[C@@H](N)COS(C)(=O)=O. The van der Waals surface area contributed by atoms with E-state index >= 15 is 0 Å². The van der Waals surface area contributed by atoms with Crippen LogP contribution >= 0.6 is 0 Å². The molecule has 10 heteroatoms. The number of nitrogens with two attached hydrogens (primary N) is 1. The first-order valence-electron chi connectivity index (χ1n) is 4.14. The van der Waals surface area contributed by atoms with Crippen LogP contribution in [0, 0.1) is 0 Å². The fraction of sp³-hybridized carbons (Fsp3) is 1.00. The van der Waals surface area contributed by atoms with E-state index in [4.69, 9.17) is 5.73 Å². The number of aliphatic hydroxyl groups is 1. The lowest BCUT2D eigenvalue weighted by Gasteiger charge is -2.17. The first-order chi connectivity index (χ1) is 7.01. The second kappa shape index (κ2) is 5.89. The molecule has 16 heavy (non-hydrogen) atoms. The third-order valence-electron chi connectivity index (χ3n) is 1.42. The fourth-order valence-electron chi connectivity index (χ4n) is 0.630. The predicted molar refractivity (Wildman–Crippen MR) is 55.6 cm³/mol. The molecule has 0 aromatic carbocycles. The third-order valence-corrected chi connectivity index (χ3v) is 2.55. The van der Waals surface area contributed by atoms with E-state index in [0.29, 0.717) is 0 Å². The highest BCUT2D eigenvalue weighted by molar-refractivity contribution is 7.86. The van der Waals surface area contributed by atoms with Gasteiger partial charge in [-0.1, -0.05) is 0 Å². The van der Waals surface area contributed by atoms with Crippen LogP contribution in [-0.2, 0) is 28.6 Å². The van der Waals surface area contributed by atoms with Crippen molar-refractivity contribution in [3.63, 3.8) is 0 Å². The molecule has 0 bridgehead atoms. The van der Waals surface area contributed by atoms with Crippen LogP contribution in [0.2, 0.25) is 0 Å². The summed E-state index contributed by atoms with van der Waals surface area (Å²) in [6.45, 7) is -1.000. The van der Waals surface area contributed by atoms with Crippen LogP contribution in [0.4, 0.5) is 0 Å². The fourth-order valence-corrected chi connectivity index (χ4v) is 1.42. The van der Waals surface area contributed by atoms with Crippen molar-refractivity contribution in [1.82, 2.24) is 0 Å². The lowest BCUT2D eigenvalue weighted by atomic mass is 10.2. The summed E-state index contributed by atoms with van der Waals surface area (Å²) in [5, 5.41) is 9.29. The molecule has 0 aliphatic heterocycles. The standard InChI is InChI=1S/C6H15NO7S2/c1-15(9,10)13-3-5(7)6(8)4-14-16(2,11)12/h5-6,8H,3-4,7H2,1-2H3/t5-,6?/m0/s1.